The lowest BCUT2D eigenvalue weighted by atomic mass is 9.79. The van der Waals surface area contributed by atoms with Crippen LogP contribution in [0.25, 0.3) is 0 Å². The van der Waals surface area contributed by atoms with Crippen molar-refractivity contribution in [2.24, 2.45) is 0 Å². The summed E-state index contributed by atoms with van der Waals surface area (Å²) < 4.78 is 46.9. The van der Waals surface area contributed by atoms with Gasteiger partial charge in [0.1, 0.15) is 86.5 Å². The second-order valence-corrected chi connectivity index (χ2v) is 35.5. The average molecular weight is 1360 g/mol. The Morgan fingerprint density at radius 2 is 0.350 bits per heavy atom. The summed E-state index contributed by atoms with van der Waals surface area (Å²) in [6, 6.07) is 48.1. The summed E-state index contributed by atoms with van der Waals surface area (Å²) in [5.74, 6) is 0.828. The molecule has 0 aliphatic carbocycles. The first-order valence-electron chi connectivity index (χ1n) is 35.1. The molecule has 11 nitrogen and oxygen atoms in total. The number of carbonyl (C=O) groups is 2. The van der Waals surface area contributed by atoms with Gasteiger partial charge in [-0.3, -0.25) is 0 Å². The summed E-state index contributed by atoms with van der Waals surface area (Å²) >= 11 is 0. The van der Waals surface area contributed by atoms with Gasteiger partial charge in [-0.25, -0.2) is 9.59 Å². The number of benzene rings is 8. The van der Waals surface area contributed by atoms with Crippen molar-refractivity contribution >= 4 is 11.9 Å². The number of aromatic carboxylic acids is 2. The molecule has 8 aromatic carbocycles. The second-order valence-electron chi connectivity index (χ2n) is 35.5. The van der Waals surface area contributed by atoms with Crippen LogP contribution in [0.3, 0.4) is 0 Å². The van der Waals surface area contributed by atoms with E-state index < -0.39 is 11.9 Å². The molecule has 0 amide bonds. The highest BCUT2D eigenvalue weighted by Crippen LogP contribution is 2.38. The Morgan fingerprint density at radius 3 is 0.490 bits per heavy atom. The van der Waals surface area contributed by atoms with Crippen LogP contribution >= 0.6 is 0 Å². The highest BCUT2D eigenvalue weighted by Gasteiger charge is 2.26. The molecule has 8 aromatic rings. The summed E-state index contributed by atoms with van der Waals surface area (Å²) in [6.07, 6.45) is 0. The molecule has 100 heavy (non-hydrogen) atoms. The monoisotopic (exact) mass is 1360 g/mol. The molecular formula is C89H112O11. The molecule has 0 bridgehead atoms. The zero-order valence-electron chi connectivity index (χ0n) is 64.4. The van der Waals surface area contributed by atoms with Crippen molar-refractivity contribution in [1.82, 2.24) is 0 Å². The van der Waals surface area contributed by atoms with Crippen molar-refractivity contribution < 1.29 is 53.0 Å². The molecule has 2 N–H and O–H groups in total. The molecule has 0 unspecified atom stereocenters. The molecular weight excluding hydrogens is 1240 g/mol. The number of carboxylic acids is 2. The van der Waals surface area contributed by atoms with Gasteiger partial charge in [-0.2, -0.15) is 0 Å². The van der Waals surface area contributed by atoms with E-state index in [0.717, 1.165) is 39.4 Å². The van der Waals surface area contributed by atoms with Gasteiger partial charge in [-0.1, -0.05) is 239 Å². The maximum Gasteiger partial charge on any atom is 0.335 e. The topological polar surface area (TPSA) is 139 Å². The predicted molar refractivity (Wildman–Crippen MR) is 405 cm³/mol. The van der Waals surface area contributed by atoms with Crippen LogP contribution in [-0.2, 0) is 89.6 Å². The van der Waals surface area contributed by atoms with Gasteiger partial charge in [0.25, 0.3) is 0 Å². The van der Waals surface area contributed by atoms with Gasteiger partial charge in [-0.05, 0) is 181 Å². The zero-order chi connectivity index (χ0) is 73.9. The van der Waals surface area contributed by atoms with E-state index in [1.54, 1.807) is 0 Å². The van der Waals surface area contributed by atoms with Crippen LogP contribution in [0, 0.1) is 0 Å². The van der Waals surface area contributed by atoms with Crippen molar-refractivity contribution in [3.05, 3.63) is 240 Å². The van der Waals surface area contributed by atoms with Crippen molar-refractivity contribution in [2.45, 2.75) is 256 Å². The summed E-state index contributed by atoms with van der Waals surface area (Å²) in [4.78, 5) is 24.4. The summed E-state index contributed by atoms with van der Waals surface area (Å²) in [5.41, 5.74) is 15.2. The Morgan fingerprint density at radius 1 is 0.210 bits per heavy atom. The third kappa shape index (κ3) is 21.9. The predicted octanol–water partition coefficient (Wildman–Crippen LogP) is 22.5. The van der Waals surface area contributed by atoms with Crippen LogP contribution in [0.2, 0.25) is 0 Å². The second kappa shape index (κ2) is 29.9. The van der Waals surface area contributed by atoms with Gasteiger partial charge in [-0.15, -0.1) is 0 Å². The Hall–Kier alpha value is -8.70. The standard InChI is InChI=1S/C89H112O11/c1-82(2,3)65-25-56(26-66(42-65)83(4,5)6)49-94-73-33-60(34-74(46-73)95-50-57-27-67(84(7,8)9)43-68(28-57)85(10,11)12)53-98-77-37-62(55-100-79-40-63(80(90)91)39-64(41-79)81(92)93)38-78(48-77)99-54-61-35-75(96-51-58-29-69(86(13,14)15)44-70(30-58)87(16,17)18)47-76(36-61)97-52-59-31-71(88(19,20)21)45-72(32-59)89(22,23)24/h25-48H,49-55H2,1-24H3,(H,90,91)(H,92,93). The number of carboxylic acid groups (broad SMARTS) is 2. The fourth-order valence-electron chi connectivity index (χ4n) is 11.3. The fourth-order valence-corrected chi connectivity index (χ4v) is 11.3. The van der Waals surface area contributed by atoms with E-state index in [-0.39, 0.29) is 80.0 Å². The van der Waals surface area contributed by atoms with E-state index in [2.05, 4.69) is 239 Å². The van der Waals surface area contributed by atoms with Crippen LogP contribution in [0.4, 0.5) is 0 Å². The molecule has 0 heterocycles. The first-order chi connectivity index (χ1) is 46.1. The summed E-state index contributed by atoms with van der Waals surface area (Å²) in [7, 11) is 0. The Labute approximate surface area is 598 Å². The third-order valence-electron chi connectivity index (χ3n) is 18.0. The average Bonchev–Trinajstić information content (AvgIpc) is 0.822. The molecule has 0 fully saturated rings. The number of hydrogen-bond donors (Lipinski definition) is 2. The molecule has 534 valence electrons. The van der Waals surface area contributed by atoms with Crippen molar-refractivity contribution in [3.8, 4) is 40.2 Å². The van der Waals surface area contributed by atoms with Crippen LogP contribution in [0.1, 0.15) is 270 Å². The molecule has 0 atom stereocenters. The third-order valence-corrected chi connectivity index (χ3v) is 18.0. The molecule has 0 aliphatic heterocycles. The Kier molecular flexibility index (Phi) is 23.0. The molecule has 8 rings (SSSR count). The van der Waals surface area contributed by atoms with Gasteiger partial charge in [0.05, 0.1) is 11.1 Å². The largest absolute Gasteiger partial charge is 0.489 e. The van der Waals surface area contributed by atoms with E-state index in [0.29, 0.717) is 66.5 Å². The van der Waals surface area contributed by atoms with Crippen molar-refractivity contribution in [3.63, 3.8) is 0 Å². The van der Waals surface area contributed by atoms with E-state index >= 15 is 0 Å². The van der Waals surface area contributed by atoms with Crippen molar-refractivity contribution in [1.29, 1.82) is 0 Å². The minimum absolute atomic E-state index is 0.0684. The molecule has 0 aromatic heterocycles. The van der Waals surface area contributed by atoms with E-state index in [4.69, 9.17) is 33.2 Å². The molecule has 11 heteroatoms. The van der Waals surface area contributed by atoms with Crippen LogP contribution in [0.5, 0.6) is 40.2 Å². The van der Waals surface area contributed by atoms with Gasteiger partial charge in [0, 0.05) is 18.2 Å². The van der Waals surface area contributed by atoms with E-state index in [1.807, 2.05) is 54.6 Å². The van der Waals surface area contributed by atoms with Crippen LogP contribution in [-0.4, -0.2) is 22.2 Å². The van der Waals surface area contributed by atoms with E-state index in [9.17, 15) is 19.8 Å². The lowest BCUT2D eigenvalue weighted by molar-refractivity contribution is 0.0696. The molecule has 0 saturated carbocycles. The molecule has 0 aliphatic rings. The van der Waals surface area contributed by atoms with Crippen molar-refractivity contribution in [2.75, 3.05) is 0 Å². The smallest absolute Gasteiger partial charge is 0.335 e. The number of rotatable bonds is 23. The zero-order valence-corrected chi connectivity index (χ0v) is 64.4. The first-order valence-corrected chi connectivity index (χ1v) is 35.1. The van der Waals surface area contributed by atoms with Gasteiger partial charge >= 0.3 is 11.9 Å². The summed E-state index contributed by atoms with van der Waals surface area (Å²) in [5, 5.41) is 19.9. The maximum absolute atomic E-state index is 12.2. The minimum Gasteiger partial charge on any atom is -0.489 e. The normalized spacial score (nSPS) is 12.6. The highest BCUT2D eigenvalue weighted by atomic mass is 16.5. The van der Waals surface area contributed by atoms with Gasteiger partial charge in [0.15, 0.2) is 0 Å². The van der Waals surface area contributed by atoms with Crippen LogP contribution < -0.4 is 33.2 Å². The Balaban J connectivity index is 1.17. The number of ether oxygens (including phenoxy) is 7. The maximum atomic E-state index is 12.2. The minimum atomic E-state index is -1.28. The summed E-state index contributed by atoms with van der Waals surface area (Å²) in [6.45, 7) is 55.0. The number of hydrogen-bond acceptors (Lipinski definition) is 9. The Bertz CT molecular complexity index is 3640. The quantitative estimate of drug-likeness (QED) is 0.0633. The van der Waals surface area contributed by atoms with Crippen LogP contribution in [0.15, 0.2) is 146 Å². The SMILES string of the molecule is CC(C)(C)c1cc(COc2cc(COc3cc(COc4cc(C(=O)O)cc(C(=O)O)c4)cc(OCc4cc(OCc5cc(C(C)(C)C)cc(C(C)(C)C)c5)cc(OCc5cc(C(C)(C)C)cc(C(C)(C)C)c5)c4)c3)cc(OCc3cc(C(C)(C)C)cc(C(C)(C)C)c3)c2)cc(C(C)(C)C)c1. The molecule has 0 saturated heterocycles. The van der Waals surface area contributed by atoms with Gasteiger partial charge < -0.3 is 43.4 Å². The lowest BCUT2D eigenvalue weighted by Crippen LogP contribution is -2.17. The fraction of sp³-hybridized carbons (Fsp3) is 0.438. The first kappa shape index (κ1) is 77.0. The lowest BCUT2D eigenvalue weighted by Gasteiger charge is -2.26. The van der Waals surface area contributed by atoms with E-state index in [1.165, 1.54) is 56.6 Å². The molecule has 0 spiro atoms. The molecule has 0 radical (unpaired) electrons. The van der Waals surface area contributed by atoms with Gasteiger partial charge in [0.2, 0.25) is 0 Å². The highest BCUT2D eigenvalue weighted by molar-refractivity contribution is 5.94.